The quantitative estimate of drug-likeness (QED) is 0.861. The number of benzene rings is 1. The van der Waals surface area contributed by atoms with Gasteiger partial charge in [0.1, 0.15) is 5.82 Å². The normalized spacial score (nSPS) is 18.9. The summed E-state index contributed by atoms with van der Waals surface area (Å²) in [6, 6.07) is 2.34. The molecule has 0 radical (unpaired) electrons. The lowest BCUT2D eigenvalue weighted by molar-refractivity contribution is 0.0626. The number of nitrogens with one attached hydrogen (secondary N) is 1. The van der Waals surface area contributed by atoms with Crippen LogP contribution in [0.15, 0.2) is 12.1 Å². The topological polar surface area (TPSA) is 92.7 Å². The number of hydrogen-bond acceptors (Lipinski definition) is 4. The molecule has 0 aromatic heterocycles. The van der Waals surface area contributed by atoms with Crippen LogP contribution in [0.1, 0.15) is 28.8 Å². The van der Waals surface area contributed by atoms with Gasteiger partial charge in [0.25, 0.3) is 0 Å². The second-order valence-electron chi connectivity index (χ2n) is 5.39. The van der Waals surface area contributed by atoms with Crippen molar-refractivity contribution in [3.8, 4) is 0 Å². The van der Waals surface area contributed by atoms with Gasteiger partial charge in [-0.15, -0.1) is 0 Å². The molecule has 1 aliphatic heterocycles. The van der Waals surface area contributed by atoms with Gasteiger partial charge in [0, 0.05) is 6.61 Å². The van der Waals surface area contributed by atoms with Gasteiger partial charge in [-0.2, -0.15) is 0 Å². The lowest BCUT2D eigenvalue weighted by Gasteiger charge is -2.22. The number of anilines is 1. The molecule has 0 amide bonds. The fourth-order valence-corrected chi connectivity index (χ4v) is 3.98. The Bertz CT molecular complexity index is 668. The van der Waals surface area contributed by atoms with Crippen LogP contribution in [0, 0.1) is 18.7 Å². The molecule has 0 bridgehead atoms. The Morgan fingerprint density at radius 1 is 1.50 bits per heavy atom. The molecule has 1 fully saturated rings. The van der Waals surface area contributed by atoms with E-state index in [0.717, 1.165) is 12.5 Å². The van der Waals surface area contributed by atoms with Crippen molar-refractivity contribution in [1.29, 1.82) is 0 Å². The zero-order valence-electron chi connectivity index (χ0n) is 12.1. The Hall–Kier alpha value is -1.67. The molecule has 1 heterocycles. The largest absolute Gasteiger partial charge is 0.478 e. The van der Waals surface area contributed by atoms with Crippen LogP contribution in [-0.2, 0) is 14.8 Å². The number of carboxylic acids is 1. The molecule has 1 aliphatic rings. The Labute approximate surface area is 128 Å². The molecule has 1 unspecified atom stereocenters. The van der Waals surface area contributed by atoms with Crippen LogP contribution >= 0.6 is 0 Å². The van der Waals surface area contributed by atoms with E-state index in [0.29, 0.717) is 19.6 Å². The van der Waals surface area contributed by atoms with E-state index in [-0.39, 0.29) is 22.8 Å². The number of aromatic carboxylic acids is 1. The van der Waals surface area contributed by atoms with Gasteiger partial charge in [0.2, 0.25) is 10.0 Å². The van der Waals surface area contributed by atoms with E-state index >= 15 is 0 Å². The van der Waals surface area contributed by atoms with Crippen molar-refractivity contribution in [2.75, 3.05) is 23.7 Å². The molecule has 1 aromatic carbocycles. The summed E-state index contributed by atoms with van der Waals surface area (Å²) in [5.41, 5.74) is -0.597. The van der Waals surface area contributed by atoms with Crippen LogP contribution in [0.2, 0.25) is 0 Å². The van der Waals surface area contributed by atoms with Gasteiger partial charge in [0.15, 0.2) is 0 Å². The molecular weight excluding hydrogens is 313 g/mol. The summed E-state index contributed by atoms with van der Waals surface area (Å²) in [5, 5.41) is 9.17. The first-order valence-corrected chi connectivity index (χ1v) is 8.56. The van der Waals surface area contributed by atoms with Crippen molar-refractivity contribution < 1.29 is 27.4 Å². The maximum atomic E-state index is 13.9. The second kappa shape index (κ2) is 6.62. The third-order valence-electron chi connectivity index (χ3n) is 3.54. The van der Waals surface area contributed by atoms with Crippen molar-refractivity contribution >= 4 is 21.7 Å². The van der Waals surface area contributed by atoms with E-state index in [1.54, 1.807) is 0 Å². The van der Waals surface area contributed by atoms with E-state index in [2.05, 4.69) is 4.72 Å². The highest BCUT2D eigenvalue weighted by molar-refractivity contribution is 7.92. The van der Waals surface area contributed by atoms with Crippen LogP contribution in [0.25, 0.3) is 0 Å². The number of ether oxygens (including phenoxy) is 1. The highest BCUT2D eigenvalue weighted by Crippen LogP contribution is 2.26. The minimum atomic E-state index is -3.86. The first-order chi connectivity index (χ1) is 10.3. The number of carbonyl (C=O) groups is 1. The predicted molar refractivity (Wildman–Crippen MR) is 79.0 cm³/mol. The van der Waals surface area contributed by atoms with Crippen molar-refractivity contribution in [3.63, 3.8) is 0 Å². The van der Waals surface area contributed by atoms with Crippen molar-refractivity contribution in [2.24, 2.45) is 5.92 Å². The van der Waals surface area contributed by atoms with E-state index in [1.807, 2.05) is 0 Å². The fourth-order valence-electron chi connectivity index (χ4n) is 2.50. The Morgan fingerprint density at radius 3 is 2.82 bits per heavy atom. The zero-order chi connectivity index (χ0) is 16.3. The monoisotopic (exact) mass is 331 g/mol. The number of aryl methyl sites for hydroxylation is 1. The first-order valence-electron chi connectivity index (χ1n) is 6.91. The first kappa shape index (κ1) is 16.7. The van der Waals surface area contributed by atoms with E-state index in [1.165, 1.54) is 13.0 Å². The number of rotatable bonds is 5. The molecule has 2 rings (SSSR count). The maximum absolute atomic E-state index is 13.9. The standard InChI is InChI=1S/C14H18FNO5S/c1-9-4-5-11(15)13(12(9)14(17)18)16-22(19,20)8-10-3-2-6-21-7-10/h4-5,10,16H,2-3,6-8H2,1H3,(H,17,18). The van der Waals surface area contributed by atoms with Gasteiger partial charge in [-0.25, -0.2) is 17.6 Å². The van der Waals surface area contributed by atoms with Crippen molar-refractivity contribution in [1.82, 2.24) is 0 Å². The zero-order valence-corrected chi connectivity index (χ0v) is 13.0. The molecule has 2 N–H and O–H groups in total. The maximum Gasteiger partial charge on any atom is 0.338 e. The van der Waals surface area contributed by atoms with Gasteiger partial charge in [-0.3, -0.25) is 4.72 Å². The Kier molecular flexibility index (Phi) is 5.02. The average Bonchev–Trinajstić information content (AvgIpc) is 2.43. The molecule has 0 aliphatic carbocycles. The van der Waals surface area contributed by atoms with Crippen LogP contribution in [0.5, 0.6) is 0 Å². The minimum Gasteiger partial charge on any atom is -0.478 e. The number of sulfonamides is 1. The lowest BCUT2D eigenvalue weighted by atomic mass is 10.1. The highest BCUT2D eigenvalue weighted by Gasteiger charge is 2.25. The van der Waals surface area contributed by atoms with Crippen molar-refractivity contribution in [3.05, 3.63) is 29.1 Å². The molecule has 0 saturated carbocycles. The Balaban J connectivity index is 2.25. The van der Waals surface area contributed by atoms with Gasteiger partial charge >= 0.3 is 5.97 Å². The summed E-state index contributed by atoms with van der Waals surface area (Å²) in [6.07, 6.45) is 1.49. The molecule has 8 heteroatoms. The fraction of sp³-hybridized carbons (Fsp3) is 0.500. The van der Waals surface area contributed by atoms with E-state index in [9.17, 15) is 17.6 Å². The third kappa shape index (κ3) is 3.95. The summed E-state index contributed by atoms with van der Waals surface area (Å²) in [6.45, 7) is 2.43. The molecule has 22 heavy (non-hydrogen) atoms. The lowest BCUT2D eigenvalue weighted by Crippen LogP contribution is -2.29. The number of hydrogen-bond donors (Lipinski definition) is 2. The second-order valence-corrected chi connectivity index (χ2v) is 7.15. The summed E-state index contributed by atoms with van der Waals surface area (Å²) in [4.78, 5) is 11.2. The van der Waals surface area contributed by atoms with Gasteiger partial charge in [0.05, 0.1) is 23.6 Å². The highest BCUT2D eigenvalue weighted by atomic mass is 32.2. The molecule has 122 valence electrons. The molecular formula is C14H18FNO5S. The Morgan fingerprint density at radius 2 is 2.23 bits per heavy atom. The summed E-state index contributed by atoms with van der Waals surface area (Å²) in [5.74, 6) is -2.69. The smallest absolute Gasteiger partial charge is 0.338 e. The molecule has 1 aromatic rings. The summed E-state index contributed by atoms with van der Waals surface area (Å²) in [7, 11) is -3.86. The SMILES string of the molecule is Cc1ccc(F)c(NS(=O)(=O)CC2CCCOC2)c1C(=O)O. The predicted octanol–water partition coefficient (Wildman–Crippen LogP) is 2.00. The molecule has 1 atom stereocenters. The number of carboxylic acid groups (broad SMARTS) is 1. The number of halogens is 1. The third-order valence-corrected chi connectivity index (χ3v) is 4.97. The van der Waals surface area contributed by atoms with Gasteiger partial charge in [-0.05, 0) is 37.3 Å². The van der Waals surface area contributed by atoms with E-state index in [4.69, 9.17) is 9.84 Å². The van der Waals surface area contributed by atoms with Crippen LogP contribution in [0.3, 0.4) is 0 Å². The van der Waals surface area contributed by atoms with Crippen LogP contribution in [-0.4, -0.2) is 38.5 Å². The summed E-state index contributed by atoms with van der Waals surface area (Å²) < 4.78 is 45.6. The molecule has 6 nitrogen and oxygen atoms in total. The average molecular weight is 331 g/mol. The van der Waals surface area contributed by atoms with Gasteiger partial charge < -0.3 is 9.84 Å². The van der Waals surface area contributed by atoms with Crippen LogP contribution in [0.4, 0.5) is 10.1 Å². The molecule has 1 saturated heterocycles. The minimum absolute atomic E-state index is 0.174. The van der Waals surface area contributed by atoms with Gasteiger partial charge in [-0.1, -0.05) is 6.07 Å². The van der Waals surface area contributed by atoms with Crippen molar-refractivity contribution in [2.45, 2.75) is 19.8 Å². The summed E-state index contributed by atoms with van der Waals surface area (Å²) >= 11 is 0. The molecule has 0 spiro atoms. The van der Waals surface area contributed by atoms with E-state index < -0.39 is 27.5 Å². The van der Waals surface area contributed by atoms with Crippen LogP contribution < -0.4 is 4.72 Å².